The van der Waals surface area contributed by atoms with Gasteiger partial charge in [0.05, 0.1) is 5.69 Å². The molecule has 1 amide bonds. The minimum Gasteiger partial charge on any atom is -0.351 e. The molecule has 23 heavy (non-hydrogen) atoms. The zero-order chi connectivity index (χ0) is 16.2. The fraction of sp³-hybridized carbons (Fsp3) is 0.412. The molecule has 2 aromatic rings. The molecule has 3 N–H and O–H groups in total. The van der Waals surface area contributed by atoms with Crippen molar-refractivity contribution in [2.45, 2.75) is 19.8 Å². The van der Waals surface area contributed by atoms with Gasteiger partial charge < -0.3 is 10.6 Å². The summed E-state index contributed by atoms with van der Waals surface area (Å²) in [5.74, 6) is 0.394. The fourth-order valence-corrected chi connectivity index (χ4v) is 2.84. The molecule has 0 saturated carbocycles. The number of nitrogens with zero attached hydrogens (tertiary/aromatic N) is 1. The lowest BCUT2D eigenvalue weighted by atomic mass is 10.1. The predicted molar refractivity (Wildman–Crippen MR) is 89.1 cm³/mol. The normalized spacial score (nSPS) is 17.3. The van der Waals surface area contributed by atoms with E-state index in [9.17, 15) is 9.59 Å². The third kappa shape index (κ3) is 3.71. The SMILES string of the molecule is Cc1ccc(-n2[nH]c(C(=O)NCCC3CCNC3)cc2=O)cc1. The first kappa shape index (κ1) is 15.6. The average molecular weight is 314 g/mol. The number of carbonyl (C=O) groups is 1. The zero-order valence-corrected chi connectivity index (χ0v) is 13.3. The molecule has 2 heterocycles. The van der Waals surface area contributed by atoms with E-state index in [2.05, 4.69) is 15.7 Å². The van der Waals surface area contributed by atoms with E-state index in [-0.39, 0.29) is 11.5 Å². The smallest absolute Gasteiger partial charge is 0.271 e. The van der Waals surface area contributed by atoms with Gasteiger partial charge >= 0.3 is 0 Å². The van der Waals surface area contributed by atoms with Crippen molar-refractivity contribution in [3.05, 3.63) is 51.9 Å². The lowest BCUT2D eigenvalue weighted by molar-refractivity contribution is 0.0946. The average Bonchev–Trinajstić information content (AvgIpc) is 3.18. The largest absolute Gasteiger partial charge is 0.351 e. The number of aromatic amines is 1. The highest BCUT2D eigenvalue weighted by molar-refractivity contribution is 5.92. The quantitative estimate of drug-likeness (QED) is 0.776. The minimum atomic E-state index is -0.237. The van der Waals surface area contributed by atoms with Crippen molar-refractivity contribution in [2.75, 3.05) is 19.6 Å². The monoisotopic (exact) mass is 314 g/mol. The van der Waals surface area contributed by atoms with Crippen molar-refractivity contribution in [1.29, 1.82) is 0 Å². The Labute approximate surface area is 134 Å². The molecule has 6 nitrogen and oxygen atoms in total. The van der Waals surface area contributed by atoms with Crippen LogP contribution in [0.15, 0.2) is 35.1 Å². The van der Waals surface area contributed by atoms with Crippen molar-refractivity contribution in [2.24, 2.45) is 5.92 Å². The summed E-state index contributed by atoms with van der Waals surface area (Å²) in [6.45, 7) is 4.70. The van der Waals surface area contributed by atoms with Gasteiger partial charge in [-0.3, -0.25) is 14.7 Å². The van der Waals surface area contributed by atoms with E-state index < -0.39 is 0 Å². The summed E-state index contributed by atoms with van der Waals surface area (Å²) in [6.07, 6.45) is 2.12. The van der Waals surface area contributed by atoms with Crippen molar-refractivity contribution >= 4 is 5.91 Å². The molecule has 0 spiro atoms. The first-order chi connectivity index (χ1) is 11.1. The molecule has 1 aliphatic heterocycles. The second kappa shape index (κ2) is 6.83. The molecule has 1 fully saturated rings. The van der Waals surface area contributed by atoms with Gasteiger partial charge in [0.1, 0.15) is 5.69 Å². The number of amides is 1. The Morgan fingerprint density at radius 3 is 2.83 bits per heavy atom. The van der Waals surface area contributed by atoms with Gasteiger partial charge in [0.25, 0.3) is 11.5 Å². The van der Waals surface area contributed by atoms with E-state index in [1.165, 1.54) is 10.7 Å². The summed E-state index contributed by atoms with van der Waals surface area (Å²) in [4.78, 5) is 24.2. The van der Waals surface area contributed by atoms with Crippen LogP contribution >= 0.6 is 0 Å². The standard InChI is InChI=1S/C17H22N4O2/c1-12-2-4-14(5-3-12)21-16(22)10-15(20-21)17(23)19-9-7-13-6-8-18-11-13/h2-5,10,13,18,20H,6-9,11H2,1H3,(H,19,23). The van der Waals surface area contributed by atoms with Crippen LogP contribution < -0.4 is 16.2 Å². The molecule has 1 unspecified atom stereocenters. The Morgan fingerprint density at radius 2 is 2.13 bits per heavy atom. The van der Waals surface area contributed by atoms with Crippen molar-refractivity contribution in [1.82, 2.24) is 20.4 Å². The molecule has 0 radical (unpaired) electrons. The minimum absolute atomic E-state index is 0.237. The molecule has 1 aliphatic rings. The Balaban J connectivity index is 1.63. The maximum atomic E-state index is 12.2. The van der Waals surface area contributed by atoms with E-state index >= 15 is 0 Å². The summed E-state index contributed by atoms with van der Waals surface area (Å²) in [6, 6.07) is 8.90. The van der Waals surface area contributed by atoms with Crippen LogP contribution in [0.5, 0.6) is 0 Å². The fourth-order valence-electron chi connectivity index (χ4n) is 2.84. The Hall–Kier alpha value is -2.34. The van der Waals surface area contributed by atoms with Gasteiger partial charge in [-0.2, -0.15) is 0 Å². The van der Waals surface area contributed by atoms with E-state index in [0.717, 1.165) is 37.2 Å². The van der Waals surface area contributed by atoms with Gasteiger partial charge in [-0.25, -0.2) is 4.68 Å². The van der Waals surface area contributed by atoms with Gasteiger partial charge in [0, 0.05) is 12.6 Å². The van der Waals surface area contributed by atoms with Crippen LogP contribution in [0.1, 0.15) is 28.9 Å². The van der Waals surface area contributed by atoms with Gasteiger partial charge in [0.15, 0.2) is 0 Å². The Morgan fingerprint density at radius 1 is 1.35 bits per heavy atom. The highest BCUT2D eigenvalue weighted by Gasteiger charge is 2.15. The molecule has 122 valence electrons. The van der Waals surface area contributed by atoms with Gasteiger partial charge in [-0.1, -0.05) is 17.7 Å². The number of rotatable bonds is 5. The molecular weight excluding hydrogens is 292 g/mol. The van der Waals surface area contributed by atoms with E-state index in [1.807, 2.05) is 31.2 Å². The van der Waals surface area contributed by atoms with E-state index in [0.29, 0.717) is 18.2 Å². The van der Waals surface area contributed by atoms with Crippen LogP contribution in [0.3, 0.4) is 0 Å². The van der Waals surface area contributed by atoms with Crippen molar-refractivity contribution < 1.29 is 4.79 Å². The first-order valence-electron chi connectivity index (χ1n) is 8.01. The van der Waals surface area contributed by atoms with Crippen molar-refractivity contribution in [3.8, 4) is 5.69 Å². The molecular formula is C17H22N4O2. The molecule has 1 aromatic carbocycles. The first-order valence-corrected chi connectivity index (χ1v) is 8.01. The van der Waals surface area contributed by atoms with Crippen LogP contribution in [0.4, 0.5) is 0 Å². The maximum Gasteiger partial charge on any atom is 0.271 e. The zero-order valence-electron chi connectivity index (χ0n) is 13.3. The maximum absolute atomic E-state index is 12.2. The predicted octanol–water partition coefficient (Wildman–Crippen LogP) is 1.20. The highest BCUT2D eigenvalue weighted by Crippen LogP contribution is 2.11. The van der Waals surface area contributed by atoms with Crippen molar-refractivity contribution in [3.63, 3.8) is 0 Å². The number of hydrogen-bond acceptors (Lipinski definition) is 3. The number of H-pyrrole nitrogens is 1. The molecule has 3 rings (SSSR count). The summed E-state index contributed by atoms with van der Waals surface area (Å²) < 4.78 is 1.38. The molecule has 1 saturated heterocycles. The molecule has 1 atom stereocenters. The number of hydrogen-bond donors (Lipinski definition) is 3. The van der Waals surface area contributed by atoms with E-state index in [1.54, 1.807) is 0 Å². The number of aryl methyl sites for hydroxylation is 1. The molecule has 1 aromatic heterocycles. The van der Waals surface area contributed by atoms with Crippen LogP contribution in [0.2, 0.25) is 0 Å². The topological polar surface area (TPSA) is 78.9 Å². The Bertz CT molecular complexity index is 724. The second-order valence-electron chi connectivity index (χ2n) is 6.08. The van der Waals surface area contributed by atoms with Gasteiger partial charge in [-0.05, 0) is 50.9 Å². The van der Waals surface area contributed by atoms with Gasteiger partial charge in [0.2, 0.25) is 0 Å². The lowest BCUT2D eigenvalue weighted by Gasteiger charge is -2.08. The number of benzene rings is 1. The number of nitrogens with one attached hydrogen (secondary N) is 3. The number of carbonyl (C=O) groups excluding carboxylic acids is 1. The van der Waals surface area contributed by atoms with E-state index in [4.69, 9.17) is 0 Å². The summed E-state index contributed by atoms with van der Waals surface area (Å²) in [5, 5.41) is 9.06. The third-order valence-corrected chi connectivity index (χ3v) is 4.26. The number of aromatic nitrogens is 2. The summed E-state index contributed by atoms with van der Waals surface area (Å²) in [7, 11) is 0. The summed E-state index contributed by atoms with van der Waals surface area (Å²) >= 11 is 0. The molecule has 0 aliphatic carbocycles. The van der Waals surface area contributed by atoms with Crippen LogP contribution in [-0.2, 0) is 0 Å². The van der Waals surface area contributed by atoms with Crippen LogP contribution in [-0.4, -0.2) is 35.3 Å². The van der Waals surface area contributed by atoms with Gasteiger partial charge in [-0.15, -0.1) is 0 Å². The Kier molecular flexibility index (Phi) is 4.62. The van der Waals surface area contributed by atoms with Crippen LogP contribution in [0, 0.1) is 12.8 Å². The van der Waals surface area contributed by atoms with Crippen LogP contribution in [0.25, 0.3) is 5.69 Å². The molecule has 6 heteroatoms. The second-order valence-corrected chi connectivity index (χ2v) is 6.08. The highest BCUT2D eigenvalue weighted by atomic mass is 16.2. The lowest BCUT2D eigenvalue weighted by Crippen LogP contribution is -2.26. The third-order valence-electron chi connectivity index (χ3n) is 4.26. The molecule has 0 bridgehead atoms. The summed E-state index contributed by atoms with van der Waals surface area (Å²) in [5.41, 5.74) is 1.89.